The van der Waals surface area contributed by atoms with Crippen LogP contribution in [0, 0.1) is 0 Å². The number of halogens is 3. The fourth-order valence-corrected chi connectivity index (χ4v) is 3.11. The molecule has 1 aromatic rings. The van der Waals surface area contributed by atoms with E-state index in [1.54, 1.807) is 11.1 Å². The lowest BCUT2D eigenvalue weighted by Gasteiger charge is -2.24. The molecule has 0 atom stereocenters. The molecule has 0 saturated carbocycles. The Morgan fingerprint density at radius 1 is 1.38 bits per heavy atom. The summed E-state index contributed by atoms with van der Waals surface area (Å²) in [5.41, 5.74) is 14.6. The number of nitrogens with two attached hydrogens (primary N) is 1. The number of H-pyrrole nitrogens is 1. The molecule has 8 heteroatoms. The van der Waals surface area contributed by atoms with Crippen molar-refractivity contribution in [1.82, 2.24) is 20.7 Å². The fourth-order valence-electron chi connectivity index (χ4n) is 3.11. The van der Waals surface area contributed by atoms with Crippen molar-refractivity contribution in [3.8, 4) is 0 Å². The van der Waals surface area contributed by atoms with Gasteiger partial charge in [0.15, 0.2) is 0 Å². The first-order valence-corrected chi connectivity index (χ1v) is 9.34. The Morgan fingerprint density at radius 3 is 2.69 bits per heavy atom. The molecule has 29 heavy (non-hydrogen) atoms. The van der Waals surface area contributed by atoms with Gasteiger partial charge in [-0.2, -0.15) is 13.2 Å². The monoisotopic (exact) mass is 407 g/mol. The highest BCUT2D eigenvalue weighted by Crippen LogP contribution is 2.36. The first-order valence-electron chi connectivity index (χ1n) is 9.34. The van der Waals surface area contributed by atoms with Crippen molar-refractivity contribution < 1.29 is 13.2 Å². The van der Waals surface area contributed by atoms with Crippen molar-refractivity contribution in [2.24, 2.45) is 0 Å². The van der Waals surface area contributed by atoms with Gasteiger partial charge in [-0.05, 0) is 24.1 Å². The molecular weight excluding hydrogens is 379 g/mol. The highest BCUT2D eigenvalue weighted by atomic mass is 19.4. The molecule has 1 aromatic heterocycles. The molecule has 1 heterocycles. The Labute approximate surface area is 169 Å². The minimum atomic E-state index is -4.24. The lowest BCUT2D eigenvalue weighted by Crippen LogP contribution is -2.45. The van der Waals surface area contributed by atoms with Gasteiger partial charge < -0.3 is 16.1 Å². The van der Waals surface area contributed by atoms with Crippen LogP contribution in [0.25, 0.3) is 12.2 Å². The molecule has 0 unspecified atom stereocenters. The second-order valence-electron chi connectivity index (χ2n) is 6.66. The van der Waals surface area contributed by atoms with E-state index in [0.29, 0.717) is 18.8 Å². The number of alkyl halides is 3. The molecule has 1 aliphatic rings. The number of nitrogens with zero attached hydrogens (tertiary/aromatic N) is 1. The van der Waals surface area contributed by atoms with Crippen molar-refractivity contribution >= 4 is 18.0 Å². The highest BCUT2D eigenvalue weighted by molar-refractivity contribution is 5.77. The average Bonchev–Trinajstić information content (AvgIpc) is 3.14. The maximum Gasteiger partial charge on any atom is 0.401 e. The lowest BCUT2D eigenvalue weighted by atomic mass is 10.0. The Bertz CT molecular complexity index is 843. The largest absolute Gasteiger partial charge is 0.401 e. The quantitative estimate of drug-likeness (QED) is 0.363. The number of allylic oxidation sites excluding steroid dienone is 5. The number of rotatable bonds is 9. The zero-order chi connectivity index (χ0) is 21.6. The van der Waals surface area contributed by atoms with Crippen molar-refractivity contribution in [2.75, 3.05) is 25.5 Å². The van der Waals surface area contributed by atoms with Crippen molar-refractivity contribution in [3.63, 3.8) is 0 Å². The summed E-state index contributed by atoms with van der Waals surface area (Å²) in [6, 6.07) is 0. The lowest BCUT2D eigenvalue weighted by molar-refractivity contribution is -0.126. The molecule has 0 aliphatic heterocycles. The van der Waals surface area contributed by atoms with Gasteiger partial charge in [-0.3, -0.25) is 5.32 Å². The predicted octanol–water partition coefficient (Wildman–Crippen LogP) is 4.35. The Hall–Kier alpha value is -2.71. The van der Waals surface area contributed by atoms with Crippen molar-refractivity contribution in [1.29, 1.82) is 0 Å². The van der Waals surface area contributed by atoms with Crippen LogP contribution in [-0.2, 0) is 0 Å². The van der Waals surface area contributed by atoms with Crippen LogP contribution in [0.4, 0.5) is 19.0 Å². The minimum absolute atomic E-state index is 0.0508. The van der Waals surface area contributed by atoms with Crippen LogP contribution in [0.15, 0.2) is 53.9 Å². The number of anilines is 1. The highest BCUT2D eigenvalue weighted by Gasteiger charge is 2.27. The average molecular weight is 407 g/mol. The van der Waals surface area contributed by atoms with Crippen LogP contribution in [0.3, 0.4) is 0 Å². The topological polar surface area (TPSA) is 69.1 Å². The van der Waals surface area contributed by atoms with Gasteiger partial charge in [-0.15, -0.1) is 0 Å². The molecule has 0 bridgehead atoms. The molecule has 1 aliphatic carbocycles. The van der Waals surface area contributed by atoms with Crippen LogP contribution in [0.5, 0.6) is 0 Å². The maximum absolute atomic E-state index is 12.4. The first-order chi connectivity index (χ1) is 13.7. The van der Waals surface area contributed by atoms with Crippen molar-refractivity contribution in [3.05, 3.63) is 65.1 Å². The third-order valence-corrected chi connectivity index (χ3v) is 4.56. The van der Waals surface area contributed by atoms with E-state index in [1.165, 1.54) is 0 Å². The number of hydrazine groups is 1. The van der Waals surface area contributed by atoms with E-state index in [1.807, 2.05) is 38.3 Å². The van der Waals surface area contributed by atoms with E-state index in [0.717, 1.165) is 33.5 Å². The zero-order valence-electron chi connectivity index (χ0n) is 16.8. The molecule has 0 spiro atoms. The van der Waals surface area contributed by atoms with Gasteiger partial charge in [-0.25, -0.2) is 5.01 Å². The van der Waals surface area contributed by atoms with Crippen LogP contribution >= 0.6 is 0 Å². The maximum atomic E-state index is 12.4. The Kier molecular flexibility index (Phi) is 7.53. The summed E-state index contributed by atoms with van der Waals surface area (Å²) in [5, 5.41) is 4.08. The van der Waals surface area contributed by atoms with Crippen LogP contribution < -0.4 is 16.5 Å². The van der Waals surface area contributed by atoms with Gasteiger partial charge in [0, 0.05) is 41.6 Å². The zero-order valence-corrected chi connectivity index (χ0v) is 16.8. The van der Waals surface area contributed by atoms with Gasteiger partial charge >= 0.3 is 6.18 Å². The fraction of sp³-hybridized carbons (Fsp3) is 0.333. The van der Waals surface area contributed by atoms with E-state index < -0.39 is 12.7 Å². The van der Waals surface area contributed by atoms with Crippen LogP contribution in [0.1, 0.15) is 31.4 Å². The summed E-state index contributed by atoms with van der Waals surface area (Å²) in [7, 11) is 0. The van der Waals surface area contributed by atoms with Gasteiger partial charge in [0.25, 0.3) is 0 Å². The summed E-state index contributed by atoms with van der Waals surface area (Å²) in [4.78, 5) is 3.02. The standard InChI is InChI=1S/C21H28F3N5/c1-5-8-18-16(11-27-20(18)25)9-15-10-19(17(6-2)14(15)4)28-29(7-3)13-26-12-21(22,23)24/h5-6,8-9,11,26-28H,2,4,7,10,12-13,25H2,1,3H3/b8-5-,15-9+. The Balaban J connectivity index is 2.16. The number of aromatic amines is 1. The van der Waals surface area contributed by atoms with Gasteiger partial charge in [0.1, 0.15) is 5.82 Å². The number of nitrogen functional groups attached to an aromatic ring is 1. The molecule has 5 nitrogen and oxygen atoms in total. The SMILES string of the molecule is C=CC1=C(NN(CC)CNCC(F)(F)F)C/C(=C\c2c[nH]c(N)c2/C=C\C)C1=C. The molecule has 5 N–H and O–H groups in total. The smallest absolute Gasteiger partial charge is 0.385 e. The van der Waals surface area contributed by atoms with E-state index in [9.17, 15) is 13.2 Å². The number of aromatic nitrogens is 1. The first kappa shape index (κ1) is 22.6. The van der Waals surface area contributed by atoms with E-state index in [4.69, 9.17) is 5.73 Å². The number of hydrogen-bond donors (Lipinski definition) is 4. The summed E-state index contributed by atoms with van der Waals surface area (Å²) in [5.74, 6) is 0.585. The van der Waals surface area contributed by atoms with Crippen molar-refractivity contribution in [2.45, 2.75) is 26.4 Å². The molecular formula is C21H28F3N5. The van der Waals surface area contributed by atoms with Gasteiger partial charge in [0.05, 0.1) is 13.2 Å². The molecule has 2 rings (SSSR count). The van der Waals surface area contributed by atoms with Gasteiger partial charge in [0.2, 0.25) is 0 Å². The predicted molar refractivity (Wildman–Crippen MR) is 113 cm³/mol. The molecule has 0 radical (unpaired) electrons. The molecule has 0 saturated heterocycles. The second kappa shape index (κ2) is 9.67. The van der Waals surface area contributed by atoms with E-state index >= 15 is 0 Å². The Morgan fingerprint density at radius 2 is 2.10 bits per heavy atom. The molecule has 158 valence electrons. The van der Waals surface area contributed by atoms with Crippen LogP contribution in [-0.4, -0.2) is 35.9 Å². The third-order valence-electron chi connectivity index (χ3n) is 4.56. The number of nitrogens with one attached hydrogen (secondary N) is 3. The van der Waals surface area contributed by atoms with Gasteiger partial charge in [-0.1, -0.05) is 38.3 Å². The third kappa shape index (κ3) is 5.88. The second-order valence-corrected chi connectivity index (χ2v) is 6.66. The molecule has 0 aromatic carbocycles. The number of hydrogen-bond acceptors (Lipinski definition) is 4. The summed E-state index contributed by atoms with van der Waals surface area (Å²) >= 11 is 0. The molecule has 0 amide bonds. The summed E-state index contributed by atoms with van der Waals surface area (Å²) < 4.78 is 37.1. The van der Waals surface area contributed by atoms with Crippen LogP contribution in [0.2, 0.25) is 0 Å². The van der Waals surface area contributed by atoms with E-state index in [2.05, 4.69) is 28.9 Å². The molecule has 0 fully saturated rings. The summed E-state index contributed by atoms with van der Waals surface area (Å²) in [6.07, 6.45) is 5.73. The minimum Gasteiger partial charge on any atom is -0.385 e. The summed E-state index contributed by atoms with van der Waals surface area (Å²) in [6.45, 7) is 11.3. The normalized spacial score (nSPS) is 16.6. The van der Waals surface area contributed by atoms with E-state index in [-0.39, 0.29) is 6.67 Å².